The van der Waals surface area contributed by atoms with E-state index in [1.807, 2.05) is 12.1 Å². The summed E-state index contributed by atoms with van der Waals surface area (Å²) in [5.74, 6) is -0.997. The first-order chi connectivity index (χ1) is 12.2. The molecule has 0 spiro atoms. The van der Waals surface area contributed by atoms with E-state index >= 15 is 0 Å². The lowest BCUT2D eigenvalue weighted by atomic mass is 10.00. The molecule has 0 fully saturated rings. The minimum absolute atomic E-state index is 0.181. The van der Waals surface area contributed by atoms with Gasteiger partial charge in [0, 0.05) is 34.1 Å². The number of hydrogen-bond donors (Lipinski definition) is 1. The summed E-state index contributed by atoms with van der Waals surface area (Å²) in [6.07, 6.45) is 3.44. The normalized spacial score (nSPS) is 10.7. The molecular formula is C20H11N3O2. The molecule has 2 heterocycles. The average Bonchev–Trinajstić information content (AvgIpc) is 2.66. The van der Waals surface area contributed by atoms with Crippen molar-refractivity contribution >= 4 is 27.6 Å². The van der Waals surface area contributed by atoms with Crippen molar-refractivity contribution in [3.05, 3.63) is 72.1 Å². The number of nitriles is 1. The van der Waals surface area contributed by atoms with Crippen molar-refractivity contribution in [1.29, 1.82) is 5.26 Å². The van der Waals surface area contributed by atoms with E-state index < -0.39 is 5.97 Å². The van der Waals surface area contributed by atoms with Gasteiger partial charge in [0.05, 0.1) is 28.4 Å². The SMILES string of the molecule is N#Cc1cccc(-c2nc3cc(C(=O)O)ccc3c3cnccc23)c1. The first kappa shape index (κ1) is 14.8. The third kappa shape index (κ3) is 2.46. The number of rotatable bonds is 2. The number of carboxylic acid groups (broad SMARTS) is 1. The van der Waals surface area contributed by atoms with Crippen LogP contribution in [-0.2, 0) is 0 Å². The summed E-state index contributed by atoms with van der Waals surface area (Å²) >= 11 is 0. The molecule has 0 unspecified atom stereocenters. The van der Waals surface area contributed by atoms with Crippen LogP contribution in [0.2, 0.25) is 0 Å². The van der Waals surface area contributed by atoms with Crippen molar-refractivity contribution in [2.75, 3.05) is 0 Å². The second-order valence-electron chi connectivity index (χ2n) is 5.61. The Kier molecular flexibility index (Phi) is 3.37. The molecule has 5 nitrogen and oxygen atoms in total. The van der Waals surface area contributed by atoms with Crippen LogP contribution in [-0.4, -0.2) is 21.0 Å². The van der Waals surface area contributed by atoms with Gasteiger partial charge in [0.1, 0.15) is 0 Å². The van der Waals surface area contributed by atoms with E-state index in [0.29, 0.717) is 16.8 Å². The molecular weight excluding hydrogens is 314 g/mol. The zero-order valence-electron chi connectivity index (χ0n) is 13.0. The molecule has 0 aliphatic rings. The monoisotopic (exact) mass is 325 g/mol. The number of carbonyl (C=O) groups is 1. The van der Waals surface area contributed by atoms with Gasteiger partial charge in [-0.15, -0.1) is 0 Å². The molecule has 0 amide bonds. The Morgan fingerprint density at radius 2 is 1.92 bits per heavy atom. The van der Waals surface area contributed by atoms with E-state index in [-0.39, 0.29) is 5.56 Å². The van der Waals surface area contributed by atoms with Crippen molar-refractivity contribution in [2.45, 2.75) is 0 Å². The standard InChI is InChI=1S/C20H11N3O2/c21-10-12-2-1-3-13(8-12)19-16-6-7-22-11-17(16)15-5-4-14(20(24)25)9-18(15)23-19/h1-9,11H,(H,24,25). The molecule has 0 saturated carbocycles. The first-order valence-electron chi connectivity index (χ1n) is 7.59. The number of nitrogens with zero attached hydrogens (tertiary/aromatic N) is 3. The number of aromatic nitrogens is 2. The highest BCUT2D eigenvalue weighted by molar-refractivity contribution is 6.11. The van der Waals surface area contributed by atoms with Crippen molar-refractivity contribution in [3.8, 4) is 17.3 Å². The molecule has 0 atom stereocenters. The fraction of sp³-hybridized carbons (Fsp3) is 0. The zero-order chi connectivity index (χ0) is 17.4. The lowest BCUT2D eigenvalue weighted by Crippen LogP contribution is -1.97. The van der Waals surface area contributed by atoms with Gasteiger partial charge < -0.3 is 5.11 Å². The average molecular weight is 325 g/mol. The maximum absolute atomic E-state index is 11.3. The van der Waals surface area contributed by atoms with Crippen LogP contribution in [0.25, 0.3) is 32.9 Å². The summed E-state index contributed by atoms with van der Waals surface area (Å²) in [4.78, 5) is 20.2. The Labute approximate surface area is 142 Å². The smallest absolute Gasteiger partial charge is 0.335 e. The van der Waals surface area contributed by atoms with E-state index in [1.165, 1.54) is 0 Å². The lowest BCUT2D eigenvalue weighted by molar-refractivity contribution is 0.0697. The number of carboxylic acids is 1. The fourth-order valence-electron chi connectivity index (χ4n) is 2.94. The van der Waals surface area contributed by atoms with E-state index in [4.69, 9.17) is 10.2 Å². The minimum atomic E-state index is -0.997. The zero-order valence-corrected chi connectivity index (χ0v) is 13.0. The second kappa shape index (κ2) is 5.69. The Bertz CT molecular complexity index is 1190. The van der Waals surface area contributed by atoms with E-state index in [2.05, 4.69) is 11.1 Å². The van der Waals surface area contributed by atoms with Crippen LogP contribution in [0.4, 0.5) is 0 Å². The quantitative estimate of drug-likeness (QED) is 0.562. The molecule has 4 aromatic rings. The van der Waals surface area contributed by atoms with Gasteiger partial charge in [-0.1, -0.05) is 18.2 Å². The van der Waals surface area contributed by atoms with Crippen molar-refractivity contribution in [2.24, 2.45) is 0 Å². The van der Waals surface area contributed by atoms with Gasteiger partial charge in [0.25, 0.3) is 0 Å². The van der Waals surface area contributed by atoms with Crippen LogP contribution in [0.3, 0.4) is 0 Å². The minimum Gasteiger partial charge on any atom is -0.478 e. The third-order valence-electron chi connectivity index (χ3n) is 4.11. The molecule has 0 bridgehead atoms. The fourth-order valence-corrected chi connectivity index (χ4v) is 2.94. The summed E-state index contributed by atoms with van der Waals surface area (Å²) in [7, 11) is 0. The Morgan fingerprint density at radius 3 is 2.72 bits per heavy atom. The van der Waals surface area contributed by atoms with Crippen LogP contribution in [0.15, 0.2) is 60.9 Å². The van der Waals surface area contributed by atoms with Crippen LogP contribution >= 0.6 is 0 Å². The summed E-state index contributed by atoms with van der Waals surface area (Å²) < 4.78 is 0. The van der Waals surface area contributed by atoms with Crippen molar-refractivity contribution in [3.63, 3.8) is 0 Å². The Hall–Kier alpha value is -3.78. The largest absolute Gasteiger partial charge is 0.478 e. The molecule has 0 saturated heterocycles. The van der Waals surface area contributed by atoms with Gasteiger partial charge in [0.15, 0.2) is 0 Å². The molecule has 2 aromatic heterocycles. The molecule has 2 aromatic carbocycles. The second-order valence-corrected chi connectivity index (χ2v) is 5.61. The molecule has 25 heavy (non-hydrogen) atoms. The van der Waals surface area contributed by atoms with E-state index in [0.717, 1.165) is 21.7 Å². The number of fused-ring (bicyclic) bond motifs is 3. The topological polar surface area (TPSA) is 86.9 Å². The predicted octanol–water partition coefficient (Wildman–Crippen LogP) is 4.02. The molecule has 0 aliphatic carbocycles. The molecule has 1 N–H and O–H groups in total. The van der Waals surface area contributed by atoms with Crippen LogP contribution < -0.4 is 0 Å². The molecule has 4 rings (SSSR count). The number of benzene rings is 2. The maximum Gasteiger partial charge on any atom is 0.335 e. The van der Waals surface area contributed by atoms with Gasteiger partial charge in [-0.25, -0.2) is 9.78 Å². The van der Waals surface area contributed by atoms with Gasteiger partial charge in [0.2, 0.25) is 0 Å². The van der Waals surface area contributed by atoms with E-state index in [9.17, 15) is 9.90 Å². The molecule has 5 heteroatoms. The first-order valence-corrected chi connectivity index (χ1v) is 7.59. The van der Waals surface area contributed by atoms with Crippen molar-refractivity contribution in [1.82, 2.24) is 9.97 Å². The van der Waals surface area contributed by atoms with Crippen LogP contribution in [0, 0.1) is 11.3 Å². The lowest BCUT2D eigenvalue weighted by Gasteiger charge is -2.10. The highest BCUT2D eigenvalue weighted by Gasteiger charge is 2.13. The van der Waals surface area contributed by atoms with Gasteiger partial charge in [-0.3, -0.25) is 4.98 Å². The third-order valence-corrected chi connectivity index (χ3v) is 4.11. The number of pyridine rings is 2. The van der Waals surface area contributed by atoms with Crippen LogP contribution in [0.1, 0.15) is 15.9 Å². The molecule has 118 valence electrons. The predicted molar refractivity (Wildman–Crippen MR) is 94.2 cm³/mol. The highest BCUT2D eigenvalue weighted by atomic mass is 16.4. The molecule has 0 aliphatic heterocycles. The van der Waals surface area contributed by atoms with Crippen LogP contribution in [0.5, 0.6) is 0 Å². The Balaban J connectivity index is 2.11. The summed E-state index contributed by atoms with van der Waals surface area (Å²) in [6.45, 7) is 0. The summed E-state index contributed by atoms with van der Waals surface area (Å²) in [6, 6.07) is 16.1. The number of aromatic carboxylic acids is 1. The van der Waals surface area contributed by atoms with Gasteiger partial charge in [-0.2, -0.15) is 5.26 Å². The van der Waals surface area contributed by atoms with Crippen molar-refractivity contribution < 1.29 is 9.90 Å². The van der Waals surface area contributed by atoms with Gasteiger partial charge >= 0.3 is 5.97 Å². The summed E-state index contributed by atoms with van der Waals surface area (Å²) in [5.41, 5.74) is 2.81. The highest BCUT2D eigenvalue weighted by Crippen LogP contribution is 2.32. The number of hydrogen-bond acceptors (Lipinski definition) is 4. The Morgan fingerprint density at radius 1 is 1.04 bits per heavy atom. The molecule has 0 radical (unpaired) electrons. The van der Waals surface area contributed by atoms with E-state index in [1.54, 1.807) is 48.8 Å². The summed E-state index contributed by atoms with van der Waals surface area (Å²) in [5, 5.41) is 21.0. The van der Waals surface area contributed by atoms with Gasteiger partial charge in [-0.05, 0) is 30.3 Å². The maximum atomic E-state index is 11.3.